The van der Waals surface area contributed by atoms with E-state index in [9.17, 15) is 0 Å². The van der Waals surface area contributed by atoms with Crippen molar-refractivity contribution in [2.45, 2.75) is 50.9 Å². The van der Waals surface area contributed by atoms with Gasteiger partial charge in [0.15, 0.2) is 5.52 Å². The molecule has 0 saturated heterocycles. The Labute approximate surface area is 218 Å². The Balaban J connectivity index is 1.14. The molecule has 4 heterocycles. The maximum Gasteiger partial charge on any atom is 0.316 e. The highest BCUT2D eigenvalue weighted by Crippen LogP contribution is 2.41. The minimum atomic E-state index is -0.224. The predicted octanol–water partition coefficient (Wildman–Crippen LogP) is 4.15. The summed E-state index contributed by atoms with van der Waals surface area (Å²) < 4.78 is 13.7. The van der Waals surface area contributed by atoms with Gasteiger partial charge < -0.3 is 14.8 Å². The highest BCUT2D eigenvalue weighted by Gasteiger charge is 2.41. The van der Waals surface area contributed by atoms with Crippen molar-refractivity contribution in [3.63, 3.8) is 0 Å². The number of nitrogens with zero attached hydrogens (tertiary/aromatic N) is 8. The summed E-state index contributed by atoms with van der Waals surface area (Å²) in [7, 11) is 0. The number of nitrogens with one attached hydrogen (secondary N) is 1. The SMILES string of the molecule is CC1(Oc2nc(NCc3ccc(-n4cncn4)cc3)nc3ccc(-c4cnc(OC5CC5)nc4)nc23)CC1. The van der Waals surface area contributed by atoms with Crippen LogP contribution in [-0.2, 0) is 6.54 Å². The molecule has 2 aliphatic rings. The van der Waals surface area contributed by atoms with Crippen molar-refractivity contribution in [1.82, 2.24) is 39.7 Å². The molecule has 1 N–H and O–H groups in total. The van der Waals surface area contributed by atoms with Crippen molar-refractivity contribution in [2.24, 2.45) is 0 Å². The van der Waals surface area contributed by atoms with Crippen LogP contribution in [0.25, 0.3) is 28.0 Å². The molecule has 0 spiro atoms. The molecule has 1 aromatic carbocycles. The Hall–Kier alpha value is -4.67. The van der Waals surface area contributed by atoms with Gasteiger partial charge in [-0.2, -0.15) is 10.1 Å². The van der Waals surface area contributed by atoms with Crippen LogP contribution in [0, 0.1) is 0 Å². The third-order valence-corrected chi connectivity index (χ3v) is 6.60. The van der Waals surface area contributed by atoms with Crippen molar-refractivity contribution < 1.29 is 9.47 Å². The zero-order chi connectivity index (χ0) is 25.5. The predicted molar refractivity (Wildman–Crippen MR) is 139 cm³/mol. The number of rotatable bonds is 9. The number of benzene rings is 1. The molecule has 190 valence electrons. The lowest BCUT2D eigenvalue weighted by Crippen LogP contribution is -2.15. The molecule has 2 aliphatic carbocycles. The van der Waals surface area contributed by atoms with Gasteiger partial charge in [-0.15, -0.1) is 0 Å². The summed E-state index contributed by atoms with van der Waals surface area (Å²) in [6.45, 7) is 2.64. The van der Waals surface area contributed by atoms with E-state index in [4.69, 9.17) is 24.4 Å². The largest absolute Gasteiger partial charge is 0.470 e. The molecule has 0 aliphatic heterocycles. The number of aromatic nitrogens is 8. The molecule has 0 radical (unpaired) electrons. The molecule has 0 amide bonds. The average Bonchev–Trinajstić information content (AvgIpc) is 3.84. The van der Waals surface area contributed by atoms with Gasteiger partial charge in [-0.05, 0) is 62.4 Å². The Kier molecular flexibility index (Phi) is 5.34. The van der Waals surface area contributed by atoms with Crippen LogP contribution in [0.4, 0.5) is 5.95 Å². The molecular weight excluding hydrogens is 482 g/mol. The standard InChI is InChI=1S/C27H25N9O2/c1-27(10-11-27)38-24-23-22(9-8-21(33-23)18-13-30-26(31-14-18)37-20-6-7-20)34-25(35-24)29-12-17-2-4-19(5-3-17)36-16-28-15-32-36/h2-5,8-9,13-16,20H,6-7,10-12H2,1H3,(H,29,34,35). The summed E-state index contributed by atoms with van der Waals surface area (Å²) in [6, 6.07) is 12.3. The first-order chi connectivity index (χ1) is 18.6. The fourth-order valence-corrected chi connectivity index (χ4v) is 3.94. The summed E-state index contributed by atoms with van der Waals surface area (Å²) in [5.41, 5.74) is 4.61. The van der Waals surface area contributed by atoms with Crippen LogP contribution in [-0.4, -0.2) is 51.4 Å². The van der Waals surface area contributed by atoms with Crippen LogP contribution in [0.15, 0.2) is 61.4 Å². The quantitative estimate of drug-likeness (QED) is 0.311. The smallest absolute Gasteiger partial charge is 0.316 e. The lowest BCUT2D eigenvalue weighted by atomic mass is 10.2. The topological polar surface area (TPSA) is 126 Å². The number of ether oxygens (including phenoxy) is 2. The zero-order valence-electron chi connectivity index (χ0n) is 20.8. The fourth-order valence-electron chi connectivity index (χ4n) is 3.94. The minimum absolute atomic E-state index is 0.224. The van der Waals surface area contributed by atoms with E-state index in [1.54, 1.807) is 23.4 Å². The van der Waals surface area contributed by atoms with Gasteiger partial charge in [-0.25, -0.2) is 29.6 Å². The third-order valence-electron chi connectivity index (χ3n) is 6.60. The second kappa shape index (κ2) is 9.02. The molecule has 5 aromatic rings. The van der Waals surface area contributed by atoms with E-state index in [-0.39, 0.29) is 11.7 Å². The van der Waals surface area contributed by atoms with E-state index >= 15 is 0 Å². The number of fused-ring (bicyclic) bond motifs is 1. The van der Waals surface area contributed by atoms with Gasteiger partial charge >= 0.3 is 6.01 Å². The summed E-state index contributed by atoms with van der Waals surface area (Å²) in [5.74, 6) is 0.951. The van der Waals surface area contributed by atoms with E-state index in [1.807, 2.05) is 36.4 Å². The van der Waals surface area contributed by atoms with E-state index in [1.165, 1.54) is 6.33 Å². The molecule has 38 heavy (non-hydrogen) atoms. The Morgan fingerprint density at radius 2 is 1.82 bits per heavy atom. The maximum absolute atomic E-state index is 6.32. The van der Waals surface area contributed by atoms with Gasteiger partial charge in [0, 0.05) is 24.5 Å². The highest BCUT2D eigenvalue weighted by atomic mass is 16.5. The molecule has 2 fully saturated rings. The van der Waals surface area contributed by atoms with E-state index in [0.717, 1.165) is 48.2 Å². The van der Waals surface area contributed by atoms with Gasteiger partial charge in [0.05, 0.1) is 16.9 Å². The Bertz CT molecular complexity index is 1580. The van der Waals surface area contributed by atoms with Crippen LogP contribution in [0.5, 0.6) is 11.9 Å². The van der Waals surface area contributed by atoms with E-state index < -0.39 is 0 Å². The van der Waals surface area contributed by atoms with Crippen molar-refractivity contribution >= 4 is 17.0 Å². The summed E-state index contributed by atoms with van der Waals surface area (Å²) >= 11 is 0. The van der Waals surface area contributed by atoms with Crippen molar-refractivity contribution in [3.05, 3.63) is 67.0 Å². The minimum Gasteiger partial charge on any atom is -0.470 e. The van der Waals surface area contributed by atoms with Crippen molar-refractivity contribution in [2.75, 3.05) is 5.32 Å². The summed E-state index contributed by atoms with van der Waals surface area (Å²) in [4.78, 5) is 26.9. The third kappa shape index (κ3) is 4.82. The van der Waals surface area contributed by atoms with Gasteiger partial charge in [-0.3, -0.25) is 0 Å². The zero-order valence-corrected chi connectivity index (χ0v) is 20.8. The lowest BCUT2D eigenvalue weighted by molar-refractivity contribution is 0.194. The molecule has 2 saturated carbocycles. The second-order valence-corrected chi connectivity index (χ2v) is 9.90. The van der Waals surface area contributed by atoms with Gasteiger partial charge in [0.25, 0.3) is 0 Å². The first-order valence-corrected chi connectivity index (χ1v) is 12.6. The summed E-state index contributed by atoms with van der Waals surface area (Å²) in [5, 5.41) is 7.49. The Morgan fingerprint density at radius 1 is 1.00 bits per heavy atom. The van der Waals surface area contributed by atoms with Crippen molar-refractivity contribution in [1.29, 1.82) is 0 Å². The van der Waals surface area contributed by atoms with Gasteiger partial charge in [0.1, 0.15) is 24.4 Å². The van der Waals surface area contributed by atoms with Gasteiger partial charge in [0.2, 0.25) is 11.8 Å². The number of hydrogen-bond donors (Lipinski definition) is 1. The monoisotopic (exact) mass is 507 g/mol. The molecule has 11 nitrogen and oxygen atoms in total. The van der Waals surface area contributed by atoms with Crippen LogP contribution in [0.3, 0.4) is 0 Å². The highest BCUT2D eigenvalue weighted by molar-refractivity contribution is 5.83. The van der Waals surface area contributed by atoms with Crippen LogP contribution >= 0.6 is 0 Å². The Morgan fingerprint density at radius 3 is 2.53 bits per heavy atom. The molecule has 0 unspecified atom stereocenters. The molecule has 11 heteroatoms. The number of pyridine rings is 1. The van der Waals surface area contributed by atoms with Gasteiger partial charge in [-0.1, -0.05) is 12.1 Å². The molecular formula is C27H25N9O2. The van der Waals surface area contributed by atoms with Crippen molar-refractivity contribution in [3.8, 4) is 28.8 Å². The van der Waals surface area contributed by atoms with E-state index in [0.29, 0.717) is 35.4 Å². The van der Waals surface area contributed by atoms with Crippen LogP contribution in [0.2, 0.25) is 0 Å². The number of hydrogen-bond acceptors (Lipinski definition) is 10. The normalized spacial score (nSPS) is 15.8. The molecule has 4 aromatic heterocycles. The number of anilines is 1. The van der Waals surface area contributed by atoms with Crippen LogP contribution in [0.1, 0.15) is 38.2 Å². The summed E-state index contributed by atoms with van der Waals surface area (Å²) in [6.07, 6.45) is 11.0. The first-order valence-electron chi connectivity index (χ1n) is 12.6. The molecule has 0 atom stereocenters. The molecule has 7 rings (SSSR count). The first kappa shape index (κ1) is 22.5. The lowest BCUT2D eigenvalue weighted by Gasteiger charge is -2.15. The molecule has 0 bridgehead atoms. The van der Waals surface area contributed by atoms with E-state index in [2.05, 4.69) is 32.3 Å². The van der Waals surface area contributed by atoms with Crippen LogP contribution < -0.4 is 14.8 Å². The second-order valence-electron chi connectivity index (χ2n) is 9.90. The average molecular weight is 508 g/mol. The maximum atomic E-state index is 6.32. The fraction of sp³-hybridized carbons (Fsp3) is 0.296.